The van der Waals surface area contributed by atoms with Crippen molar-refractivity contribution in [2.45, 2.75) is 20.8 Å². The molecule has 0 heterocycles. The third-order valence-corrected chi connectivity index (χ3v) is 16.6. The van der Waals surface area contributed by atoms with E-state index in [1.54, 1.807) is 0 Å². The van der Waals surface area contributed by atoms with Crippen molar-refractivity contribution in [1.82, 2.24) is 0 Å². The summed E-state index contributed by atoms with van der Waals surface area (Å²) in [5.74, 6) is 4.01. The fraction of sp³-hybridized carbons (Fsp3) is 1.00. The molecule has 0 amide bonds. The average molecular weight is 230 g/mol. The van der Waals surface area contributed by atoms with Crippen LogP contribution in [0.15, 0.2) is 0 Å². The Bertz CT molecular complexity index is 55.9. The predicted octanol–water partition coefficient (Wildman–Crippen LogP) is 2.62. The van der Waals surface area contributed by atoms with Crippen molar-refractivity contribution in [2.24, 2.45) is 0 Å². The van der Waals surface area contributed by atoms with Crippen LogP contribution >= 0.6 is 18.2 Å². The van der Waals surface area contributed by atoms with Crippen LogP contribution in [0.2, 0.25) is 0 Å². The van der Waals surface area contributed by atoms with Gasteiger partial charge in [-0.25, -0.2) is 0 Å². The number of halogens is 1. The van der Waals surface area contributed by atoms with Crippen molar-refractivity contribution in [3.63, 3.8) is 0 Å². The Kier molecular flexibility index (Phi) is 5.59. The van der Waals surface area contributed by atoms with E-state index in [9.17, 15) is 0 Å². The summed E-state index contributed by atoms with van der Waals surface area (Å²) < 4.78 is 0. The molecule has 0 nitrogen and oxygen atoms in total. The summed E-state index contributed by atoms with van der Waals surface area (Å²) in [7, 11) is 5.67. The standard InChI is InChI=1S/C6H15AsClS/c1-4-9(5-2,6-3)7-8/h4-6H2,1-3H3. The van der Waals surface area contributed by atoms with Crippen LogP contribution in [0.5, 0.6) is 0 Å². The molecule has 0 rings (SSSR count). The number of hydrogen-bond acceptors (Lipinski definition) is 0. The quantitative estimate of drug-likeness (QED) is 0.650. The normalized spacial score (nSPS) is 15.1. The molecule has 0 N–H and O–H groups in total. The van der Waals surface area contributed by atoms with Crippen LogP contribution in [0, 0.1) is 0 Å². The summed E-state index contributed by atoms with van der Waals surface area (Å²) in [6.07, 6.45) is 0. The Morgan fingerprint density at radius 1 is 1.11 bits per heavy atom. The Labute approximate surface area is 69.9 Å². The average Bonchev–Trinajstić information content (AvgIpc) is 1.95. The summed E-state index contributed by atoms with van der Waals surface area (Å²) in [5, 5.41) is 0. The van der Waals surface area contributed by atoms with E-state index in [0.717, 1.165) is 0 Å². The fourth-order valence-electron chi connectivity index (χ4n) is 0.759. The summed E-state index contributed by atoms with van der Waals surface area (Å²) in [5.41, 5.74) is 0. The van der Waals surface area contributed by atoms with Gasteiger partial charge in [-0.1, -0.05) is 0 Å². The first-order valence-electron chi connectivity index (χ1n) is 3.34. The van der Waals surface area contributed by atoms with Crippen molar-refractivity contribution in [2.75, 3.05) is 17.3 Å². The SMILES string of the molecule is CCS(CC)(CC)[As]Cl. The van der Waals surface area contributed by atoms with Gasteiger partial charge in [-0.2, -0.15) is 0 Å². The Hall–Kier alpha value is 1.20. The zero-order valence-electron chi connectivity index (χ0n) is 6.35. The van der Waals surface area contributed by atoms with Crippen molar-refractivity contribution in [3.05, 3.63) is 0 Å². The van der Waals surface area contributed by atoms with Gasteiger partial charge in [0.25, 0.3) is 0 Å². The molecule has 0 atom stereocenters. The third kappa shape index (κ3) is 2.74. The van der Waals surface area contributed by atoms with Crippen LogP contribution in [0.25, 0.3) is 0 Å². The van der Waals surface area contributed by atoms with E-state index in [1.165, 1.54) is 17.3 Å². The van der Waals surface area contributed by atoms with Gasteiger partial charge in [0.15, 0.2) is 0 Å². The predicted molar refractivity (Wildman–Crippen MR) is 50.8 cm³/mol. The van der Waals surface area contributed by atoms with E-state index in [2.05, 4.69) is 20.8 Å². The molecule has 0 unspecified atom stereocenters. The van der Waals surface area contributed by atoms with Crippen LogP contribution < -0.4 is 0 Å². The van der Waals surface area contributed by atoms with Crippen LogP contribution in [0.3, 0.4) is 0 Å². The molecule has 0 bridgehead atoms. The van der Waals surface area contributed by atoms with Gasteiger partial charge in [-0.05, 0) is 0 Å². The summed E-state index contributed by atoms with van der Waals surface area (Å²) in [4.78, 5) is 0. The van der Waals surface area contributed by atoms with Gasteiger partial charge >= 0.3 is 69.9 Å². The van der Waals surface area contributed by atoms with Crippen molar-refractivity contribution < 1.29 is 0 Å². The first-order valence-corrected chi connectivity index (χ1v) is 10.2. The molecule has 1 radical (unpaired) electrons. The van der Waals surface area contributed by atoms with Gasteiger partial charge in [0.05, 0.1) is 0 Å². The van der Waals surface area contributed by atoms with E-state index >= 15 is 0 Å². The second-order valence-corrected chi connectivity index (χ2v) is 13.7. The van der Waals surface area contributed by atoms with Gasteiger partial charge in [-0.3, -0.25) is 0 Å². The summed E-state index contributed by atoms with van der Waals surface area (Å²) >= 11 is 0.141. The van der Waals surface area contributed by atoms with Crippen LogP contribution in [-0.4, -0.2) is 30.9 Å². The van der Waals surface area contributed by atoms with Crippen LogP contribution in [0.1, 0.15) is 20.8 Å². The van der Waals surface area contributed by atoms with Crippen LogP contribution in [-0.2, 0) is 0 Å². The van der Waals surface area contributed by atoms with Gasteiger partial charge in [0, 0.05) is 0 Å². The fourth-order valence-corrected chi connectivity index (χ4v) is 8.68. The molecule has 9 heavy (non-hydrogen) atoms. The molecule has 0 saturated heterocycles. The first kappa shape index (κ1) is 10.2. The monoisotopic (exact) mass is 229 g/mol. The topological polar surface area (TPSA) is 0 Å². The van der Waals surface area contributed by atoms with Crippen LogP contribution in [0.4, 0.5) is 0 Å². The molecule has 0 aromatic rings. The Balaban J connectivity index is 3.82. The van der Waals surface area contributed by atoms with Crippen molar-refractivity contribution in [1.29, 1.82) is 0 Å². The maximum atomic E-state index is 5.96. The molecule has 0 spiro atoms. The minimum absolute atomic E-state index is 0.141. The van der Waals surface area contributed by atoms with Gasteiger partial charge in [0.1, 0.15) is 0 Å². The molecule has 3 heteroatoms. The van der Waals surface area contributed by atoms with Gasteiger partial charge in [-0.15, -0.1) is 0 Å². The molecule has 0 aliphatic heterocycles. The number of hydrogen-bond donors (Lipinski definition) is 0. The van der Waals surface area contributed by atoms with Crippen molar-refractivity contribution >= 4 is 31.9 Å². The summed E-state index contributed by atoms with van der Waals surface area (Å²) in [6, 6.07) is 0. The zero-order chi connectivity index (χ0) is 7.33. The Morgan fingerprint density at radius 2 is 1.44 bits per heavy atom. The van der Waals surface area contributed by atoms with Crippen molar-refractivity contribution in [3.8, 4) is 0 Å². The van der Waals surface area contributed by atoms with Gasteiger partial charge < -0.3 is 0 Å². The third-order valence-electron chi connectivity index (χ3n) is 1.76. The van der Waals surface area contributed by atoms with E-state index < -0.39 is 0 Å². The molecular formula is C6H15AsClS. The Morgan fingerprint density at radius 3 is 1.44 bits per heavy atom. The molecule has 0 aliphatic rings. The van der Waals surface area contributed by atoms with Gasteiger partial charge in [0.2, 0.25) is 0 Å². The second kappa shape index (κ2) is 4.93. The first-order chi connectivity index (χ1) is 4.24. The molecular weight excluding hydrogens is 215 g/mol. The molecule has 0 saturated carbocycles. The molecule has 0 fully saturated rings. The molecule has 0 aromatic carbocycles. The molecule has 0 aromatic heterocycles. The second-order valence-electron chi connectivity index (χ2n) is 1.93. The minimum atomic E-state index is -0.289. The molecule has 57 valence electrons. The van der Waals surface area contributed by atoms with E-state index in [-0.39, 0.29) is 21.9 Å². The molecule has 0 aliphatic carbocycles. The van der Waals surface area contributed by atoms with E-state index in [0.29, 0.717) is 0 Å². The zero-order valence-corrected chi connectivity index (χ0v) is 9.80. The van der Waals surface area contributed by atoms with E-state index in [4.69, 9.17) is 9.95 Å². The summed E-state index contributed by atoms with van der Waals surface area (Å²) in [6.45, 7) is 6.83. The maximum absolute atomic E-state index is 5.96. The van der Waals surface area contributed by atoms with E-state index in [1.807, 2.05) is 0 Å². The number of rotatable bonds is 4.